The van der Waals surface area contributed by atoms with Crippen LogP contribution >= 0.6 is 0 Å². The van der Waals surface area contributed by atoms with Crippen LogP contribution in [0.4, 0.5) is 0 Å². The molecule has 96 valence electrons. The molecule has 0 saturated carbocycles. The molecule has 3 rings (SSSR count). The first-order valence-corrected chi connectivity index (χ1v) is 7.04. The molecule has 2 aromatic carbocycles. The van der Waals surface area contributed by atoms with Crippen LogP contribution in [0.3, 0.4) is 0 Å². The molecule has 1 aromatic heterocycles. The summed E-state index contributed by atoms with van der Waals surface area (Å²) in [5.74, 6) is 0.557. The summed E-state index contributed by atoms with van der Waals surface area (Å²) in [6, 6.07) is 13.6. The van der Waals surface area contributed by atoms with E-state index in [9.17, 15) is 13.0 Å². The second-order valence-electron chi connectivity index (χ2n) is 4.11. The van der Waals surface area contributed by atoms with Crippen LogP contribution in [-0.4, -0.2) is 13.0 Å². The molecule has 0 aliphatic rings. The number of rotatable bonds is 2. The molecule has 5 heteroatoms. The SMILES string of the molecule is O=S(=O)(O)c1cccc2cccc(-c3ccco3)c12. The number of hydrogen-bond donors (Lipinski definition) is 1. The molecule has 0 bridgehead atoms. The maximum absolute atomic E-state index is 11.5. The maximum atomic E-state index is 11.5. The van der Waals surface area contributed by atoms with Gasteiger partial charge in [-0.15, -0.1) is 0 Å². The normalized spacial score (nSPS) is 11.8. The summed E-state index contributed by atoms with van der Waals surface area (Å²) in [5, 5.41) is 1.19. The molecular weight excluding hydrogens is 264 g/mol. The number of fused-ring (bicyclic) bond motifs is 1. The molecule has 1 N–H and O–H groups in total. The average Bonchev–Trinajstić information content (AvgIpc) is 2.90. The Morgan fingerprint density at radius 1 is 0.947 bits per heavy atom. The smallest absolute Gasteiger partial charge is 0.295 e. The zero-order valence-corrected chi connectivity index (χ0v) is 10.6. The lowest BCUT2D eigenvalue weighted by Crippen LogP contribution is -1.99. The first-order chi connectivity index (χ1) is 9.07. The molecule has 0 spiro atoms. The van der Waals surface area contributed by atoms with Crippen LogP contribution in [0.15, 0.2) is 64.1 Å². The van der Waals surface area contributed by atoms with Gasteiger partial charge in [-0.25, -0.2) is 0 Å². The van der Waals surface area contributed by atoms with Crippen molar-refractivity contribution in [2.45, 2.75) is 4.90 Å². The van der Waals surface area contributed by atoms with Gasteiger partial charge in [-0.2, -0.15) is 8.42 Å². The summed E-state index contributed by atoms with van der Waals surface area (Å²) in [7, 11) is -4.28. The lowest BCUT2D eigenvalue weighted by atomic mass is 10.0. The third-order valence-electron chi connectivity index (χ3n) is 2.93. The van der Waals surface area contributed by atoms with Gasteiger partial charge in [0.1, 0.15) is 10.7 Å². The van der Waals surface area contributed by atoms with Crippen molar-refractivity contribution in [3.05, 3.63) is 54.8 Å². The van der Waals surface area contributed by atoms with Crippen molar-refractivity contribution in [2.75, 3.05) is 0 Å². The van der Waals surface area contributed by atoms with E-state index in [1.54, 1.807) is 36.4 Å². The highest BCUT2D eigenvalue weighted by molar-refractivity contribution is 7.86. The van der Waals surface area contributed by atoms with Gasteiger partial charge in [0, 0.05) is 10.9 Å². The Balaban J connectivity index is 2.48. The first kappa shape index (κ1) is 12.0. The van der Waals surface area contributed by atoms with E-state index in [1.165, 1.54) is 12.3 Å². The third kappa shape index (κ3) is 2.03. The summed E-state index contributed by atoms with van der Waals surface area (Å²) >= 11 is 0. The standard InChI is InChI=1S/C14H10O4S/c15-19(16,17)13-8-2-5-10-4-1-6-11(14(10)13)12-7-3-9-18-12/h1-9H,(H,15,16,17). The molecule has 0 amide bonds. The Kier molecular flexibility index (Phi) is 2.66. The van der Waals surface area contributed by atoms with Gasteiger partial charge in [-0.1, -0.05) is 30.3 Å². The molecule has 1 heterocycles. The summed E-state index contributed by atoms with van der Waals surface area (Å²) in [4.78, 5) is -0.114. The Morgan fingerprint density at radius 2 is 1.68 bits per heavy atom. The number of furan rings is 1. The van der Waals surface area contributed by atoms with Crippen molar-refractivity contribution in [3.63, 3.8) is 0 Å². The van der Waals surface area contributed by atoms with Crippen LogP contribution in [0.2, 0.25) is 0 Å². The van der Waals surface area contributed by atoms with Gasteiger partial charge in [0.25, 0.3) is 10.1 Å². The minimum Gasteiger partial charge on any atom is -0.464 e. The molecule has 0 atom stereocenters. The third-order valence-corrected chi connectivity index (χ3v) is 3.83. The Hall–Kier alpha value is -2.11. The lowest BCUT2D eigenvalue weighted by Gasteiger charge is -2.08. The molecule has 0 fully saturated rings. The van der Waals surface area contributed by atoms with E-state index in [4.69, 9.17) is 4.42 Å². The summed E-state index contributed by atoms with van der Waals surface area (Å²) in [6.07, 6.45) is 1.52. The van der Waals surface area contributed by atoms with Gasteiger partial charge in [-0.3, -0.25) is 4.55 Å². The van der Waals surface area contributed by atoms with E-state index in [2.05, 4.69) is 0 Å². The second-order valence-corrected chi connectivity index (χ2v) is 5.50. The molecule has 0 radical (unpaired) electrons. The topological polar surface area (TPSA) is 67.5 Å². The molecule has 3 aromatic rings. The fraction of sp³-hybridized carbons (Fsp3) is 0. The fourth-order valence-electron chi connectivity index (χ4n) is 2.16. The molecule has 0 aliphatic carbocycles. The molecule has 0 saturated heterocycles. The van der Waals surface area contributed by atoms with Crippen molar-refractivity contribution in [3.8, 4) is 11.3 Å². The lowest BCUT2D eigenvalue weighted by molar-refractivity contribution is 0.484. The molecule has 4 nitrogen and oxygen atoms in total. The molecule has 0 unspecified atom stereocenters. The van der Waals surface area contributed by atoms with Crippen LogP contribution in [0, 0.1) is 0 Å². The largest absolute Gasteiger partial charge is 0.464 e. The average molecular weight is 274 g/mol. The Bertz CT molecular complexity index is 828. The fourth-order valence-corrected chi connectivity index (χ4v) is 2.89. The number of hydrogen-bond acceptors (Lipinski definition) is 3. The van der Waals surface area contributed by atoms with Crippen molar-refractivity contribution in [2.24, 2.45) is 0 Å². The van der Waals surface area contributed by atoms with Crippen LogP contribution in [0.1, 0.15) is 0 Å². The van der Waals surface area contributed by atoms with Gasteiger partial charge < -0.3 is 4.42 Å². The highest BCUT2D eigenvalue weighted by Gasteiger charge is 2.17. The van der Waals surface area contributed by atoms with Crippen LogP contribution in [-0.2, 0) is 10.1 Å². The zero-order chi connectivity index (χ0) is 13.5. The summed E-state index contributed by atoms with van der Waals surface area (Å²) in [6.45, 7) is 0. The van der Waals surface area contributed by atoms with Gasteiger partial charge >= 0.3 is 0 Å². The first-order valence-electron chi connectivity index (χ1n) is 5.60. The monoisotopic (exact) mass is 274 g/mol. The maximum Gasteiger partial charge on any atom is 0.295 e. The zero-order valence-electron chi connectivity index (χ0n) is 9.78. The molecular formula is C14H10O4S. The molecule has 19 heavy (non-hydrogen) atoms. The van der Waals surface area contributed by atoms with E-state index in [-0.39, 0.29) is 4.90 Å². The van der Waals surface area contributed by atoms with Crippen molar-refractivity contribution >= 4 is 20.9 Å². The van der Waals surface area contributed by atoms with E-state index >= 15 is 0 Å². The predicted octanol–water partition coefficient (Wildman–Crippen LogP) is 3.35. The van der Waals surface area contributed by atoms with Crippen molar-refractivity contribution in [1.82, 2.24) is 0 Å². The van der Waals surface area contributed by atoms with Gasteiger partial charge in [0.15, 0.2) is 0 Å². The van der Waals surface area contributed by atoms with Gasteiger partial charge in [0.2, 0.25) is 0 Å². The quantitative estimate of drug-likeness (QED) is 0.728. The van der Waals surface area contributed by atoms with Crippen LogP contribution < -0.4 is 0 Å². The van der Waals surface area contributed by atoms with Crippen LogP contribution in [0.25, 0.3) is 22.1 Å². The highest BCUT2D eigenvalue weighted by atomic mass is 32.2. The van der Waals surface area contributed by atoms with E-state index in [1.807, 2.05) is 6.07 Å². The second kappa shape index (κ2) is 4.22. The van der Waals surface area contributed by atoms with E-state index < -0.39 is 10.1 Å². The van der Waals surface area contributed by atoms with E-state index in [0.29, 0.717) is 16.7 Å². The van der Waals surface area contributed by atoms with Gasteiger partial charge in [-0.05, 0) is 23.6 Å². The van der Waals surface area contributed by atoms with Gasteiger partial charge in [0.05, 0.1) is 6.26 Å². The minimum absolute atomic E-state index is 0.114. The Morgan fingerprint density at radius 3 is 2.32 bits per heavy atom. The highest BCUT2D eigenvalue weighted by Crippen LogP contribution is 2.33. The summed E-state index contributed by atoms with van der Waals surface area (Å²) in [5.41, 5.74) is 0.635. The van der Waals surface area contributed by atoms with E-state index in [0.717, 1.165) is 5.39 Å². The van der Waals surface area contributed by atoms with Crippen molar-refractivity contribution < 1.29 is 17.4 Å². The molecule has 0 aliphatic heterocycles. The summed E-state index contributed by atoms with van der Waals surface area (Å²) < 4.78 is 37.7. The minimum atomic E-state index is -4.28. The Labute approximate surface area is 110 Å². The van der Waals surface area contributed by atoms with Crippen molar-refractivity contribution in [1.29, 1.82) is 0 Å². The predicted molar refractivity (Wildman–Crippen MR) is 71.5 cm³/mol. The van der Waals surface area contributed by atoms with Crippen LogP contribution in [0.5, 0.6) is 0 Å². The number of benzene rings is 2.